The summed E-state index contributed by atoms with van der Waals surface area (Å²) in [5.41, 5.74) is 4.72. The summed E-state index contributed by atoms with van der Waals surface area (Å²) in [6, 6.07) is 19.7. The van der Waals surface area contributed by atoms with Crippen molar-refractivity contribution in [1.82, 2.24) is 9.97 Å². The van der Waals surface area contributed by atoms with Crippen molar-refractivity contribution in [2.45, 2.75) is 12.8 Å². The quantitative estimate of drug-likeness (QED) is 0.553. The van der Waals surface area contributed by atoms with Crippen LogP contribution in [0.2, 0.25) is 0 Å². The topological polar surface area (TPSA) is 46.0 Å². The number of nitrogens with zero attached hydrogens (tertiary/aromatic N) is 2. The summed E-state index contributed by atoms with van der Waals surface area (Å²) in [5, 5.41) is 11.5. The van der Waals surface area contributed by atoms with E-state index in [1.807, 2.05) is 60.7 Å². The lowest BCUT2D eigenvalue weighted by Crippen LogP contribution is -1.92. The van der Waals surface area contributed by atoms with Gasteiger partial charge in [-0.25, -0.2) is 0 Å². The Hall–Kier alpha value is -3.64. The first-order valence-corrected chi connectivity index (χ1v) is 8.82. The summed E-state index contributed by atoms with van der Waals surface area (Å²) in [6.07, 6.45) is 6.60. The maximum atomic E-state index is 10.7. The molecule has 0 amide bonds. The summed E-state index contributed by atoms with van der Waals surface area (Å²) in [7, 11) is 0. The largest absolute Gasteiger partial charge is 0.507 e. The molecule has 2 heterocycles. The molecule has 4 rings (SSSR count). The molecule has 0 spiro atoms. The van der Waals surface area contributed by atoms with Gasteiger partial charge in [0.2, 0.25) is 0 Å². The fourth-order valence-corrected chi connectivity index (χ4v) is 2.99. The minimum Gasteiger partial charge on any atom is -0.507 e. The Labute approximate surface area is 158 Å². The molecule has 0 atom stereocenters. The highest BCUT2D eigenvalue weighted by Crippen LogP contribution is 2.29. The van der Waals surface area contributed by atoms with E-state index in [1.165, 1.54) is 0 Å². The van der Waals surface area contributed by atoms with Crippen LogP contribution < -0.4 is 0 Å². The number of hydrogen-bond donors (Lipinski definition) is 1. The third kappa shape index (κ3) is 3.96. The van der Waals surface area contributed by atoms with Gasteiger partial charge in [0.05, 0.1) is 5.52 Å². The van der Waals surface area contributed by atoms with Crippen LogP contribution in [0, 0.1) is 11.8 Å². The summed E-state index contributed by atoms with van der Waals surface area (Å²) in [6.45, 7) is 0. The number of aromatic hydroxyl groups is 1. The normalized spacial score (nSPS) is 10.4. The number of rotatable bonds is 3. The second-order valence-electron chi connectivity index (χ2n) is 6.36. The molecule has 0 fully saturated rings. The highest BCUT2D eigenvalue weighted by Gasteiger charge is 2.09. The van der Waals surface area contributed by atoms with Crippen LogP contribution in [-0.2, 0) is 12.8 Å². The minimum atomic E-state index is 0.279. The molecule has 0 unspecified atom stereocenters. The lowest BCUT2D eigenvalue weighted by molar-refractivity contribution is 0.475. The summed E-state index contributed by atoms with van der Waals surface area (Å²) in [5.74, 6) is 6.63. The third-order valence-electron chi connectivity index (χ3n) is 4.43. The van der Waals surface area contributed by atoms with Crippen molar-refractivity contribution in [2.75, 3.05) is 0 Å². The maximum absolute atomic E-state index is 10.7. The molecule has 2 aromatic heterocycles. The van der Waals surface area contributed by atoms with Gasteiger partial charge >= 0.3 is 0 Å². The molecule has 0 saturated heterocycles. The molecule has 3 nitrogen and oxygen atoms in total. The SMILES string of the molecule is Oc1c(Cc2ccccc2)cnc2ccc(C#CCc3ccncc3)cc12. The van der Waals surface area contributed by atoms with Gasteiger partial charge in [0.1, 0.15) is 5.75 Å². The molecule has 2 aromatic carbocycles. The van der Waals surface area contributed by atoms with Crippen molar-refractivity contribution >= 4 is 10.9 Å². The van der Waals surface area contributed by atoms with Crippen LogP contribution in [0.1, 0.15) is 22.3 Å². The van der Waals surface area contributed by atoms with Gasteiger partial charge in [-0.05, 0) is 41.5 Å². The monoisotopic (exact) mass is 350 g/mol. The van der Waals surface area contributed by atoms with Gasteiger partial charge in [-0.1, -0.05) is 42.2 Å². The predicted octanol–water partition coefficient (Wildman–Crippen LogP) is 4.52. The Bertz CT molecular complexity index is 1130. The predicted molar refractivity (Wildman–Crippen MR) is 107 cm³/mol. The fourth-order valence-electron chi connectivity index (χ4n) is 2.99. The first-order valence-electron chi connectivity index (χ1n) is 8.82. The molecule has 0 bridgehead atoms. The van der Waals surface area contributed by atoms with Crippen LogP contribution in [-0.4, -0.2) is 15.1 Å². The van der Waals surface area contributed by atoms with Gasteiger partial charge in [0.25, 0.3) is 0 Å². The lowest BCUT2D eigenvalue weighted by atomic mass is 10.0. The molecule has 27 heavy (non-hydrogen) atoms. The van der Waals surface area contributed by atoms with Gasteiger partial charge < -0.3 is 5.11 Å². The van der Waals surface area contributed by atoms with Gasteiger partial charge in [-0.3, -0.25) is 9.97 Å². The highest BCUT2D eigenvalue weighted by atomic mass is 16.3. The van der Waals surface area contributed by atoms with E-state index >= 15 is 0 Å². The first kappa shape index (κ1) is 16.8. The molecule has 3 heteroatoms. The Morgan fingerprint density at radius 2 is 1.70 bits per heavy atom. The van der Waals surface area contributed by atoms with Crippen molar-refractivity contribution in [3.05, 3.63) is 102 Å². The summed E-state index contributed by atoms with van der Waals surface area (Å²) in [4.78, 5) is 8.50. The molecule has 4 aromatic rings. The van der Waals surface area contributed by atoms with E-state index in [0.717, 1.165) is 33.2 Å². The zero-order chi connectivity index (χ0) is 18.5. The zero-order valence-electron chi connectivity index (χ0n) is 14.8. The van der Waals surface area contributed by atoms with Crippen LogP contribution in [0.5, 0.6) is 5.75 Å². The molecule has 0 aliphatic rings. The van der Waals surface area contributed by atoms with E-state index in [2.05, 4.69) is 21.8 Å². The van der Waals surface area contributed by atoms with Gasteiger partial charge in [0, 0.05) is 47.9 Å². The molecule has 0 saturated carbocycles. The summed E-state index contributed by atoms with van der Waals surface area (Å²) >= 11 is 0. The second kappa shape index (κ2) is 7.72. The second-order valence-corrected chi connectivity index (χ2v) is 6.36. The van der Waals surface area contributed by atoms with Crippen molar-refractivity contribution < 1.29 is 5.11 Å². The van der Waals surface area contributed by atoms with E-state index < -0.39 is 0 Å². The number of pyridine rings is 2. The molecule has 0 aliphatic carbocycles. The van der Waals surface area contributed by atoms with Gasteiger partial charge in [-0.15, -0.1) is 0 Å². The number of benzene rings is 2. The molecule has 1 N–H and O–H groups in total. The Morgan fingerprint density at radius 1 is 0.889 bits per heavy atom. The molecule has 0 radical (unpaired) electrons. The Balaban J connectivity index is 1.62. The van der Waals surface area contributed by atoms with Gasteiger partial charge in [0.15, 0.2) is 0 Å². The molecule has 130 valence electrons. The molecular formula is C24H18N2O. The number of hydrogen-bond acceptors (Lipinski definition) is 3. The van der Waals surface area contributed by atoms with E-state index in [-0.39, 0.29) is 5.75 Å². The smallest absolute Gasteiger partial charge is 0.130 e. The van der Waals surface area contributed by atoms with E-state index in [1.54, 1.807) is 18.6 Å². The van der Waals surface area contributed by atoms with Crippen molar-refractivity contribution in [2.24, 2.45) is 0 Å². The average Bonchev–Trinajstić information content (AvgIpc) is 2.72. The van der Waals surface area contributed by atoms with Crippen LogP contribution in [0.3, 0.4) is 0 Å². The van der Waals surface area contributed by atoms with Crippen LogP contribution in [0.4, 0.5) is 0 Å². The zero-order valence-corrected chi connectivity index (χ0v) is 14.8. The van der Waals surface area contributed by atoms with Gasteiger partial charge in [-0.2, -0.15) is 0 Å². The molecular weight excluding hydrogens is 332 g/mol. The van der Waals surface area contributed by atoms with E-state index in [4.69, 9.17) is 0 Å². The van der Waals surface area contributed by atoms with Crippen molar-refractivity contribution in [1.29, 1.82) is 0 Å². The number of fused-ring (bicyclic) bond motifs is 1. The lowest BCUT2D eigenvalue weighted by Gasteiger charge is -2.08. The van der Waals surface area contributed by atoms with Crippen LogP contribution >= 0.6 is 0 Å². The van der Waals surface area contributed by atoms with Crippen LogP contribution in [0.25, 0.3) is 10.9 Å². The number of aromatic nitrogens is 2. The maximum Gasteiger partial charge on any atom is 0.130 e. The summed E-state index contributed by atoms with van der Waals surface area (Å²) < 4.78 is 0. The first-order chi connectivity index (χ1) is 13.3. The van der Waals surface area contributed by atoms with Crippen LogP contribution in [0.15, 0.2) is 79.3 Å². The average molecular weight is 350 g/mol. The minimum absolute atomic E-state index is 0.279. The third-order valence-corrected chi connectivity index (χ3v) is 4.43. The van der Waals surface area contributed by atoms with Crippen molar-refractivity contribution in [3.63, 3.8) is 0 Å². The standard InChI is InChI=1S/C24H18N2O/c27-24-21(15-19-5-2-1-3-6-19)17-26-23-10-9-20(16-22(23)24)8-4-7-18-11-13-25-14-12-18/h1-3,5-6,9-14,16-17H,7,15H2,(H,26,27). The van der Waals surface area contributed by atoms with E-state index in [0.29, 0.717) is 12.8 Å². The molecule has 0 aliphatic heterocycles. The highest BCUT2D eigenvalue weighted by molar-refractivity contribution is 5.87. The van der Waals surface area contributed by atoms with Crippen molar-refractivity contribution in [3.8, 4) is 17.6 Å². The Kier molecular flexibility index (Phi) is 4.80. The Morgan fingerprint density at radius 3 is 2.52 bits per heavy atom. The van der Waals surface area contributed by atoms with E-state index in [9.17, 15) is 5.11 Å². The fraction of sp³-hybridized carbons (Fsp3) is 0.0833.